The Kier molecular flexibility index (Phi) is 3.98. The molecule has 1 aromatic rings. The van der Waals surface area contributed by atoms with Gasteiger partial charge in [0, 0.05) is 38.3 Å². The van der Waals surface area contributed by atoms with E-state index in [1.807, 2.05) is 4.90 Å². The lowest BCUT2D eigenvalue weighted by Gasteiger charge is -2.27. The van der Waals surface area contributed by atoms with Gasteiger partial charge in [-0.1, -0.05) is 0 Å². The number of nitrogens with zero attached hydrogens (tertiary/aromatic N) is 1. The highest BCUT2D eigenvalue weighted by atomic mass is 19.1. The second kappa shape index (κ2) is 5.49. The smallest absolute Gasteiger partial charge is 0.209 e. The SMILES string of the molecule is COc1cc(CN2CCNCC2)c(F)c(O)c1F. The molecule has 6 heteroatoms. The van der Waals surface area contributed by atoms with Gasteiger partial charge in [-0.25, -0.2) is 4.39 Å². The lowest BCUT2D eigenvalue weighted by Crippen LogP contribution is -2.43. The van der Waals surface area contributed by atoms with E-state index in [4.69, 9.17) is 4.74 Å². The highest BCUT2D eigenvalue weighted by Crippen LogP contribution is 2.31. The Balaban J connectivity index is 2.23. The Hall–Kier alpha value is -1.40. The summed E-state index contributed by atoms with van der Waals surface area (Å²) in [6.07, 6.45) is 0. The summed E-state index contributed by atoms with van der Waals surface area (Å²) in [6, 6.07) is 1.30. The van der Waals surface area contributed by atoms with Gasteiger partial charge in [0.2, 0.25) is 5.82 Å². The van der Waals surface area contributed by atoms with Gasteiger partial charge in [-0.3, -0.25) is 4.90 Å². The molecule has 0 atom stereocenters. The maximum Gasteiger partial charge on any atom is 0.209 e. The van der Waals surface area contributed by atoms with Crippen LogP contribution in [-0.2, 0) is 6.54 Å². The molecule has 0 unspecified atom stereocenters. The number of halogens is 2. The maximum absolute atomic E-state index is 13.7. The van der Waals surface area contributed by atoms with Crippen molar-refractivity contribution >= 4 is 0 Å². The first kappa shape index (κ1) is 13.0. The number of aromatic hydroxyl groups is 1. The van der Waals surface area contributed by atoms with Crippen LogP contribution in [0, 0.1) is 11.6 Å². The lowest BCUT2D eigenvalue weighted by molar-refractivity contribution is 0.228. The third kappa shape index (κ3) is 2.54. The van der Waals surface area contributed by atoms with E-state index in [9.17, 15) is 13.9 Å². The third-order valence-electron chi connectivity index (χ3n) is 3.04. The summed E-state index contributed by atoms with van der Waals surface area (Å²) in [5.74, 6) is -3.08. The first-order chi connectivity index (χ1) is 8.63. The number of phenols is 1. The Morgan fingerprint density at radius 1 is 1.33 bits per heavy atom. The van der Waals surface area contributed by atoms with Crippen LogP contribution in [-0.4, -0.2) is 43.3 Å². The fourth-order valence-corrected chi connectivity index (χ4v) is 2.02. The third-order valence-corrected chi connectivity index (χ3v) is 3.04. The number of ether oxygens (including phenoxy) is 1. The predicted octanol–water partition coefficient (Wildman–Crippen LogP) is 1.08. The van der Waals surface area contributed by atoms with Gasteiger partial charge < -0.3 is 15.2 Å². The zero-order valence-electron chi connectivity index (χ0n) is 10.2. The van der Waals surface area contributed by atoms with Crippen molar-refractivity contribution in [3.63, 3.8) is 0 Å². The van der Waals surface area contributed by atoms with Crippen molar-refractivity contribution in [2.24, 2.45) is 0 Å². The highest BCUT2D eigenvalue weighted by molar-refractivity contribution is 5.41. The van der Waals surface area contributed by atoms with Crippen LogP contribution < -0.4 is 10.1 Å². The number of hydrogen-bond acceptors (Lipinski definition) is 4. The first-order valence-electron chi connectivity index (χ1n) is 5.80. The van der Waals surface area contributed by atoms with Crippen LogP contribution in [0.25, 0.3) is 0 Å². The van der Waals surface area contributed by atoms with Gasteiger partial charge in [0.15, 0.2) is 17.3 Å². The summed E-state index contributed by atoms with van der Waals surface area (Å²) >= 11 is 0. The van der Waals surface area contributed by atoms with Crippen LogP contribution in [0.15, 0.2) is 6.07 Å². The molecule has 2 rings (SSSR count). The van der Waals surface area contributed by atoms with Crippen LogP contribution in [0.5, 0.6) is 11.5 Å². The number of rotatable bonds is 3. The molecule has 4 nitrogen and oxygen atoms in total. The van der Waals surface area contributed by atoms with E-state index in [0.29, 0.717) is 6.54 Å². The lowest BCUT2D eigenvalue weighted by atomic mass is 10.1. The highest BCUT2D eigenvalue weighted by Gasteiger charge is 2.20. The molecule has 0 saturated carbocycles. The molecule has 0 bridgehead atoms. The second-order valence-electron chi connectivity index (χ2n) is 4.24. The topological polar surface area (TPSA) is 44.7 Å². The number of hydrogen-bond donors (Lipinski definition) is 2. The van der Waals surface area contributed by atoms with E-state index in [2.05, 4.69) is 5.32 Å². The molecule has 100 valence electrons. The van der Waals surface area contributed by atoms with Crippen LogP contribution in [0.4, 0.5) is 8.78 Å². The standard InChI is InChI=1S/C12H16F2N2O2/c1-18-9-6-8(10(13)12(17)11(9)14)7-16-4-2-15-3-5-16/h6,15,17H,2-5,7H2,1H3. The van der Waals surface area contributed by atoms with E-state index in [1.54, 1.807) is 0 Å². The van der Waals surface area contributed by atoms with Gasteiger partial charge in [0.1, 0.15) is 0 Å². The molecule has 0 radical (unpaired) electrons. The van der Waals surface area contributed by atoms with Crippen LogP contribution in [0.3, 0.4) is 0 Å². The molecule has 1 aliphatic heterocycles. The van der Waals surface area contributed by atoms with E-state index < -0.39 is 17.4 Å². The van der Waals surface area contributed by atoms with Crippen molar-refractivity contribution in [2.45, 2.75) is 6.54 Å². The molecule has 1 saturated heterocycles. The molecule has 0 aliphatic carbocycles. The number of benzene rings is 1. The fraction of sp³-hybridized carbons (Fsp3) is 0.500. The predicted molar refractivity (Wildman–Crippen MR) is 62.7 cm³/mol. The number of methoxy groups -OCH3 is 1. The molecule has 1 aliphatic rings. The molecule has 0 spiro atoms. The Morgan fingerprint density at radius 2 is 2.00 bits per heavy atom. The average molecular weight is 258 g/mol. The summed E-state index contributed by atoms with van der Waals surface area (Å²) in [6.45, 7) is 3.59. The summed E-state index contributed by atoms with van der Waals surface area (Å²) in [7, 11) is 1.28. The zero-order valence-corrected chi connectivity index (χ0v) is 10.2. The van der Waals surface area contributed by atoms with Crippen LogP contribution >= 0.6 is 0 Å². The van der Waals surface area contributed by atoms with E-state index in [1.165, 1.54) is 13.2 Å². The minimum atomic E-state index is -1.06. The molecule has 2 N–H and O–H groups in total. The van der Waals surface area contributed by atoms with Crippen molar-refractivity contribution in [3.05, 3.63) is 23.3 Å². The summed E-state index contributed by atoms with van der Waals surface area (Å²) in [5, 5.41) is 12.6. The normalized spacial score (nSPS) is 16.8. The Morgan fingerprint density at radius 3 is 2.61 bits per heavy atom. The minimum absolute atomic E-state index is 0.140. The van der Waals surface area contributed by atoms with Gasteiger partial charge in [-0.2, -0.15) is 4.39 Å². The number of piperazine rings is 1. The van der Waals surface area contributed by atoms with Crippen molar-refractivity contribution in [3.8, 4) is 11.5 Å². The van der Waals surface area contributed by atoms with Gasteiger partial charge in [-0.05, 0) is 6.07 Å². The molecule has 1 aromatic carbocycles. The van der Waals surface area contributed by atoms with E-state index in [0.717, 1.165) is 26.2 Å². The largest absolute Gasteiger partial charge is 0.503 e. The summed E-state index contributed by atoms with van der Waals surface area (Å²) in [4.78, 5) is 2.03. The van der Waals surface area contributed by atoms with E-state index in [-0.39, 0.29) is 11.3 Å². The van der Waals surface area contributed by atoms with Crippen molar-refractivity contribution < 1.29 is 18.6 Å². The average Bonchev–Trinajstić information content (AvgIpc) is 2.40. The second-order valence-corrected chi connectivity index (χ2v) is 4.24. The molecule has 0 aromatic heterocycles. The van der Waals surface area contributed by atoms with Gasteiger partial charge >= 0.3 is 0 Å². The molecule has 18 heavy (non-hydrogen) atoms. The minimum Gasteiger partial charge on any atom is -0.503 e. The maximum atomic E-state index is 13.7. The quantitative estimate of drug-likeness (QED) is 0.851. The molecule has 1 fully saturated rings. The summed E-state index contributed by atoms with van der Waals surface area (Å²) < 4.78 is 31.9. The molecular formula is C12H16F2N2O2. The van der Waals surface area contributed by atoms with Crippen LogP contribution in [0.1, 0.15) is 5.56 Å². The first-order valence-corrected chi connectivity index (χ1v) is 5.80. The summed E-state index contributed by atoms with van der Waals surface area (Å²) in [5.41, 5.74) is 0.243. The molecule has 1 heterocycles. The molecule has 0 amide bonds. The van der Waals surface area contributed by atoms with Crippen molar-refractivity contribution in [1.29, 1.82) is 0 Å². The van der Waals surface area contributed by atoms with Crippen molar-refractivity contribution in [2.75, 3.05) is 33.3 Å². The van der Waals surface area contributed by atoms with Gasteiger partial charge in [0.25, 0.3) is 0 Å². The van der Waals surface area contributed by atoms with Crippen LogP contribution in [0.2, 0.25) is 0 Å². The monoisotopic (exact) mass is 258 g/mol. The number of phenolic OH excluding ortho intramolecular Hbond substituents is 1. The van der Waals surface area contributed by atoms with E-state index >= 15 is 0 Å². The molecular weight excluding hydrogens is 242 g/mol. The van der Waals surface area contributed by atoms with Crippen molar-refractivity contribution in [1.82, 2.24) is 10.2 Å². The number of nitrogens with one attached hydrogen (secondary N) is 1. The van der Waals surface area contributed by atoms with Gasteiger partial charge in [-0.15, -0.1) is 0 Å². The Bertz CT molecular complexity index is 435. The zero-order chi connectivity index (χ0) is 13.1. The Labute approximate surface area is 104 Å². The van der Waals surface area contributed by atoms with Gasteiger partial charge in [0.05, 0.1) is 7.11 Å². The fourth-order valence-electron chi connectivity index (χ4n) is 2.02.